The molecular weight excluding hydrogens is 328 g/mol. The van der Waals surface area contributed by atoms with Gasteiger partial charge in [0.25, 0.3) is 0 Å². The van der Waals surface area contributed by atoms with Gasteiger partial charge in [0.05, 0.1) is 12.5 Å². The van der Waals surface area contributed by atoms with E-state index in [4.69, 9.17) is 19.8 Å². The molecule has 0 aliphatic heterocycles. The van der Waals surface area contributed by atoms with Gasteiger partial charge >= 0.3 is 39.7 Å². The molecule has 1 amide bonds. The third-order valence-corrected chi connectivity index (χ3v) is 2.10. The summed E-state index contributed by atoms with van der Waals surface area (Å²) in [4.78, 5) is 18.6. The van der Waals surface area contributed by atoms with Gasteiger partial charge in [-0.1, -0.05) is 37.3 Å². The quantitative estimate of drug-likeness (QED) is 0.503. The zero-order valence-electron chi connectivity index (χ0n) is 12.1. The van der Waals surface area contributed by atoms with Gasteiger partial charge in [0.2, 0.25) is 5.91 Å². The standard InChI is InChI=1S/C13H16NO.2CO.Fe.NO/c1-3-4-10-13(15)14-11(2)12-8-6-5-7-9-12;2*1-2;;1-2/h3-11H,1-2H3,(H,14,15);;;;/q;;;+2;-1/t11-;;;;/m0..../s1. The summed E-state index contributed by atoms with van der Waals surface area (Å²) in [6.07, 6.45) is 5.08. The van der Waals surface area contributed by atoms with Crippen molar-refractivity contribution in [3.05, 3.63) is 79.0 Å². The summed E-state index contributed by atoms with van der Waals surface area (Å²) in [5, 5.41) is 2.89. The SMILES string of the molecule is C[CH][CH][CH]C(=O)N[C@@H](C)c1ccccc1.[C-]#[O+].[C-]#[O+].[Fe+2].[N-]=O. The van der Waals surface area contributed by atoms with E-state index in [2.05, 4.69) is 18.6 Å². The van der Waals surface area contributed by atoms with Gasteiger partial charge in [0, 0.05) is 0 Å². The van der Waals surface area contributed by atoms with Crippen LogP contribution in [0.1, 0.15) is 25.5 Å². The monoisotopic (exact) mass is 344 g/mol. The van der Waals surface area contributed by atoms with Crippen molar-refractivity contribution < 1.29 is 31.2 Å². The van der Waals surface area contributed by atoms with Gasteiger partial charge < -0.3 is 15.8 Å². The first kappa shape index (κ1) is 28.5. The number of carbonyl (C=O) groups excluding carboxylic acids is 1. The third-order valence-electron chi connectivity index (χ3n) is 2.10. The van der Waals surface area contributed by atoms with E-state index in [1.54, 1.807) is 6.42 Å². The maximum absolute atomic E-state index is 11.4. The van der Waals surface area contributed by atoms with Crippen molar-refractivity contribution >= 4 is 5.91 Å². The number of nitroso groups, excluding NO2 is 1. The molecule has 0 aliphatic carbocycles. The zero-order valence-corrected chi connectivity index (χ0v) is 13.2. The summed E-state index contributed by atoms with van der Waals surface area (Å²) in [7, 11) is 0. The number of benzene rings is 1. The summed E-state index contributed by atoms with van der Waals surface area (Å²) in [5.74, 6) is -0.0653. The van der Waals surface area contributed by atoms with Crippen LogP contribution in [0.3, 0.4) is 0 Å². The second-order valence-corrected chi connectivity index (χ2v) is 3.33. The molecule has 22 heavy (non-hydrogen) atoms. The van der Waals surface area contributed by atoms with Crippen LogP contribution in [0.15, 0.2) is 30.3 Å². The molecular formula is C15H16FeN2O4+. The topological polar surface area (TPSA) is 108 Å². The zero-order chi connectivity index (χ0) is 17.1. The van der Waals surface area contributed by atoms with Crippen molar-refractivity contribution in [3.63, 3.8) is 0 Å². The molecule has 3 radical (unpaired) electrons. The molecule has 6 nitrogen and oxygen atoms in total. The number of carbonyl (C=O) groups is 1. The molecule has 0 heterocycles. The first-order chi connectivity index (χ1) is 10.2. The van der Waals surface area contributed by atoms with Crippen LogP contribution < -0.4 is 5.32 Å². The minimum Gasteiger partial charge on any atom is -0.577 e. The molecule has 0 fully saturated rings. The number of nitrogens with zero attached hydrogens (tertiary/aromatic N) is 1. The summed E-state index contributed by atoms with van der Waals surface area (Å²) >= 11 is 0. The molecule has 0 spiro atoms. The van der Waals surface area contributed by atoms with Crippen molar-refractivity contribution in [2.45, 2.75) is 19.9 Å². The molecule has 1 atom stereocenters. The Bertz CT molecular complexity index is 390. The Hall–Kier alpha value is -1.71. The van der Waals surface area contributed by atoms with Crippen molar-refractivity contribution in [2.75, 3.05) is 0 Å². The average molecular weight is 344 g/mol. The molecule has 0 aromatic heterocycles. The molecule has 117 valence electrons. The Labute approximate surface area is 141 Å². The van der Waals surface area contributed by atoms with Gasteiger partial charge in [-0.05, 0) is 25.3 Å². The van der Waals surface area contributed by atoms with Gasteiger partial charge in [-0.3, -0.25) is 4.79 Å². The molecule has 0 unspecified atom stereocenters. The Balaban J connectivity index is -0.000000206. The molecule has 1 N–H and O–H groups in total. The number of nitrogens with one attached hydrogen (secondary N) is 1. The van der Waals surface area contributed by atoms with E-state index in [0.717, 1.165) is 5.56 Å². The van der Waals surface area contributed by atoms with Crippen LogP contribution in [0.4, 0.5) is 0 Å². The summed E-state index contributed by atoms with van der Waals surface area (Å²) in [6, 6.07) is 9.94. The molecule has 0 bridgehead atoms. The molecule has 0 saturated carbocycles. The fourth-order valence-corrected chi connectivity index (χ4v) is 1.27. The van der Waals surface area contributed by atoms with Gasteiger partial charge in [-0.2, -0.15) is 0 Å². The first-order valence-electron chi connectivity index (χ1n) is 5.64. The molecule has 1 aromatic rings. The molecule has 0 saturated heterocycles. The van der Waals surface area contributed by atoms with Crippen molar-refractivity contribution in [2.24, 2.45) is 0 Å². The summed E-state index contributed by atoms with van der Waals surface area (Å²) < 4.78 is 15.0. The number of hydrogen-bond donors (Lipinski definition) is 1. The fourth-order valence-electron chi connectivity index (χ4n) is 1.27. The van der Waals surface area contributed by atoms with E-state index in [9.17, 15) is 4.79 Å². The van der Waals surface area contributed by atoms with E-state index in [1.165, 1.54) is 6.42 Å². The smallest absolute Gasteiger partial charge is 0.577 e. The largest absolute Gasteiger partial charge is 2.00 e. The maximum atomic E-state index is 11.4. The normalized spacial score (nSPS) is 8.64. The number of amides is 1. The number of hydrogen-bond acceptors (Lipinski definition) is 2. The second-order valence-electron chi connectivity index (χ2n) is 3.33. The fraction of sp³-hybridized carbons (Fsp3) is 0.200. The van der Waals surface area contributed by atoms with Crippen molar-refractivity contribution in [1.82, 2.24) is 5.32 Å². The first-order valence-corrected chi connectivity index (χ1v) is 5.64. The summed E-state index contributed by atoms with van der Waals surface area (Å²) in [6.45, 7) is 12.8. The summed E-state index contributed by atoms with van der Waals surface area (Å²) in [5.41, 5.74) is 6.86. The van der Waals surface area contributed by atoms with E-state index in [0.29, 0.717) is 0 Å². The Kier molecular flexibility index (Phi) is 31.4. The third kappa shape index (κ3) is 16.3. The van der Waals surface area contributed by atoms with Crippen LogP contribution >= 0.6 is 0 Å². The van der Waals surface area contributed by atoms with E-state index < -0.39 is 0 Å². The van der Waals surface area contributed by atoms with Crippen LogP contribution in [0, 0.1) is 37.5 Å². The van der Waals surface area contributed by atoms with Gasteiger partial charge in [0.15, 0.2) is 0 Å². The predicted molar refractivity (Wildman–Crippen MR) is 76.2 cm³/mol. The van der Waals surface area contributed by atoms with Crippen molar-refractivity contribution in [1.29, 1.82) is 0 Å². The second kappa shape index (κ2) is 24.3. The van der Waals surface area contributed by atoms with Gasteiger partial charge in [0.1, 0.15) is 0 Å². The maximum Gasteiger partial charge on any atom is 2.00 e. The van der Waals surface area contributed by atoms with E-state index >= 15 is 0 Å². The van der Waals surface area contributed by atoms with Crippen LogP contribution in [-0.2, 0) is 31.2 Å². The Morgan fingerprint density at radius 2 is 1.64 bits per heavy atom. The van der Waals surface area contributed by atoms with E-state index in [1.807, 2.05) is 50.6 Å². The molecule has 1 aromatic carbocycles. The number of rotatable bonds is 5. The molecule has 7 heteroatoms. The van der Waals surface area contributed by atoms with E-state index in [-0.39, 0.29) is 29.0 Å². The Morgan fingerprint density at radius 3 is 2.05 bits per heavy atom. The van der Waals surface area contributed by atoms with Crippen LogP contribution in [0.5, 0.6) is 0 Å². The van der Waals surface area contributed by atoms with Gasteiger partial charge in [-0.25, -0.2) is 0 Å². The number of unbranched alkanes of at least 4 members (excludes halogenated alkanes) is 1. The molecule has 1 rings (SSSR count). The minimum absolute atomic E-state index is 0. The predicted octanol–water partition coefficient (Wildman–Crippen LogP) is 2.74. The average Bonchev–Trinajstić information content (AvgIpc) is 2.59. The minimum atomic E-state index is -0.0653. The Morgan fingerprint density at radius 1 is 1.18 bits per heavy atom. The van der Waals surface area contributed by atoms with Crippen molar-refractivity contribution in [3.8, 4) is 0 Å². The molecule has 0 aliphatic rings. The van der Waals surface area contributed by atoms with Gasteiger partial charge in [-0.15, -0.1) is 0 Å². The van der Waals surface area contributed by atoms with Crippen LogP contribution in [0.2, 0.25) is 0 Å². The van der Waals surface area contributed by atoms with Crippen LogP contribution in [0.25, 0.3) is 5.59 Å². The van der Waals surface area contributed by atoms with Crippen LogP contribution in [-0.4, -0.2) is 5.91 Å².